The number of benzene rings is 2. The molecule has 31 heavy (non-hydrogen) atoms. The first kappa shape index (κ1) is 24.0. The summed E-state index contributed by atoms with van der Waals surface area (Å²) < 4.78 is 26.6. The van der Waals surface area contributed by atoms with E-state index in [1.54, 1.807) is 35.5 Å². The van der Waals surface area contributed by atoms with Crippen LogP contribution >= 0.6 is 0 Å². The summed E-state index contributed by atoms with van der Waals surface area (Å²) in [4.78, 5) is 0.404. The molecule has 1 aliphatic rings. The first-order valence-electron chi connectivity index (χ1n) is 9.12. The van der Waals surface area contributed by atoms with Gasteiger partial charge in [-0.05, 0) is 43.7 Å². The number of aliphatic hydroxyl groups is 2. The maximum atomic E-state index is 12.6. The van der Waals surface area contributed by atoms with Crippen LogP contribution in [-0.2, 0) is 11.0 Å². The van der Waals surface area contributed by atoms with Crippen molar-refractivity contribution in [2.45, 2.75) is 23.8 Å². The van der Waals surface area contributed by atoms with Crippen LogP contribution in [0.3, 0.4) is 0 Å². The van der Waals surface area contributed by atoms with Crippen molar-refractivity contribution in [1.82, 2.24) is 4.31 Å². The van der Waals surface area contributed by atoms with Crippen LogP contribution in [0.2, 0.25) is 0 Å². The Kier molecular flexibility index (Phi) is 8.27. The molecule has 0 bridgehead atoms. The zero-order valence-corrected chi connectivity index (χ0v) is 17.5. The van der Waals surface area contributed by atoms with Gasteiger partial charge in [0.25, 0.3) is 0 Å². The van der Waals surface area contributed by atoms with Gasteiger partial charge in [-0.2, -0.15) is 10.5 Å². The largest absolute Gasteiger partial charge is 0.508 e. The molecule has 0 amide bonds. The van der Waals surface area contributed by atoms with Gasteiger partial charge in [-0.25, -0.2) is 12.9 Å². The van der Waals surface area contributed by atoms with E-state index in [-0.39, 0.29) is 24.5 Å². The van der Waals surface area contributed by atoms with Gasteiger partial charge in [-0.3, -0.25) is 0 Å². The number of halogens is 1. The summed E-state index contributed by atoms with van der Waals surface area (Å²) in [6.07, 6.45) is 0.358. The van der Waals surface area contributed by atoms with Crippen LogP contribution in [0.15, 0.2) is 41.3 Å². The lowest BCUT2D eigenvalue weighted by atomic mass is 10.1. The van der Waals surface area contributed by atoms with Crippen molar-refractivity contribution in [1.29, 1.82) is 10.5 Å². The lowest BCUT2D eigenvalue weighted by molar-refractivity contribution is -0.000503. The highest BCUT2D eigenvalue weighted by Crippen LogP contribution is 2.26. The average molecular weight is 441 g/mol. The minimum Gasteiger partial charge on any atom is -0.508 e. The monoisotopic (exact) mass is 441 g/mol. The maximum absolute atomic E-state index is 12.6. The molecule has 1 aliphatic heterocycles. The number of hydrogen-bond acceptors (Lipinski definition) is 6. The molecule has 1 heterocycles. The molecule has 3 N–H and O–H groups in total. The van der Waals surface area contributed by atoms with E-state index in [0.29, 0.717) is 29.0 Å². The molecule has 7 nitrogen and oxygen atoms in total. The highest BCUT2D eigenvalue weighted by atomic mass is 32.2. The second-order valence-electron chi connectivity index (χ2n) is 6.72. The number of phenolic OH excluding ortho intramolecular Hbond substituents is 1. The molecule has 9 heteroatoms. The molecule has 0 spiro atoms. The molecule has 0 saturated carbocycles. The molecule has 2 unspecified atom stereocenters. The Morgan fingerprint density at radius 2 is 1.90 bits per heavy atom. The predicted molar refractivity (Wildman–Crippen MR) is 111 cm³/mol. The van der Waals surface area contributed by atoms with E-state index in [0.717, 1.165) is 6.07 Å². The lowest BCUT2D eigenvalue weighted by Crippen LogP contribution is -2.37. The van der Waals surface area contributed by atoms with Gasteiger partial charge in [0.15, 0.2) is 0 Å². The van der Waals surface area contributed by atoms with E-state index in [1.807, 2.05) is 6.07 Å². The third-order valence-corrected chi connectivity index (χ3v) is 5.97. The predicted octanol–water partition coefficient (Wildman–Crippen LogP) is 1.78. The minimum atomic E-state index is -1.54. The van der Waals surface area contributed by atoms with Gasteiger partial charge in [-0.1, -0.05) is 5.92 Å². The quantitative estimate of drug-likeness (QED) is 0.623. The lowest BCUT2D eigenvalue weighted by Gasteiger charge is -2.20. The third-order valence-electron chi connectivity index (χ3n) is 4.46. The number of nitriles is 2. The fraction of sp³-hybridized carbons (Fsp3) is 0.273. The summed E-state index contributed by atoms with van der Waals surface area (Å²) in [7, 11) is -1.54. The first-order valence-corrected chi connectivity index (χ1v) is 10.2. The van der Waals surface area contributed by atoms with Crippen molar-refractivity contribution < 1.29 is 23.9 Å². The Bertz CT molecular complexity index is 1130. The van der Waals surface area contributed by atoms with Crippen LogP contribution in [0.1, 0.15) is 30.0 Å². The van der Waals surface area contributed by atoms with Crippen LogP contribution in [0.25, 0.3) is 0 Å². The smallest absolute Gasteiger partial charge is 0.144 e. The molecule has 0 radical (unpaired) electrons. The van der Waals surface area contributed by atoms with Gasteiger partial charge >= 0.3 is 0 Å². The molecule has 2 atom stereocenters. The van der Waals surface area contributed by atoms with Gasteiger partial charge in [0.05, 0.1) is 22.6 Å². The van der Waals surface area contributed by atoms with Gasteiger partial charge < -0.3 is 15.3 Å². The molecule has 0 aliphatic carbocycles. The van der Waals surface area contributed by atoms with E-state index in [1.165, 1.54) is 12.1 Å². The minimum absolute atomic E-state index is 0.0576. The molecular formula is C22H20FN3O4S. The fourth-order valence-electron chi connectivity index (χ4n) is 2.82. The molecule has 0 aromatic heterocycles. The van der Waals surface area contributed by atoms with Crippen LogP contribution < -0.4 is 0 Å². The summed E-state index contributed by atoms with van der Waals surface area (Å²) in [6.45, 7) is 1.87. The fourth-order valence-corrected chi connectivity index (χ4v) is 4.19. The van der Waals surface area contributed by atoms with Crippen molar-refractivity contribution in [2.75, 3.05) is 19.7 Å². The zero-order chi connectivity index (χ0) is 23.0. The zero-order valence-electron chi connectivity index (χ0n) is 16.7. The van der Waals surface area contributed by atoms with Gasteiger partial charge in [-0.15, -0.1) is 5.92 Å². The van der Waals surface area contributed by atoms with Crippen LogP contribution in [-0.4, -0.2) is 49.1 Å². The molecule has 1 fully saturated rings. The van der Waals surface area contributed by atoms with Crippen molar-refractivity contribution in [3.8, 4) is 29.7 Å². The second kappa shape index (κ2) is 10.7. The Hall–Kier alpha value is -3.26. The Labute approximate surface area is 182 Å². The first-order chi connectivity index (χ1) is 14.8. The summed E-state index contributed by atoms with van der Waals surface area (Å²) in [5.41, 5.74) is -0.260. The van der Waals surface area contributed by atoms with Crippen LogP contribution in [0, 0.1) is 40.3 Å². The number of rotatable bonds is 3. The molecule has 3 rings (SSSR count). The van der Waals surface area contributed by atoms with Crippen molar-refractivity contribution >= 4 is 11.0 Å². The number of aromatic hydroxyl groups is 1. The maximum Gasteiger partial charge on any atom is 0.144 e. The number of hydrogen-bond donors (Lipinski definition) is 3. The summed E-state index contributed by atoms with van der Waals surface area (Å²) in [5, 5.41) is 45.3. The van der Waals surface area contributed by atoms with Gasteiger partial charge in [0.2, 0.25) is 0 Å². The molecule has 160 valence electrons. The highest BCUT2D eigenvalue weighted by Gasteiger charge is 2.38. The average Bonchev–Trinajstić information content (AvgIpc) is 3.17. The van der Waals surface area contributed by atoms with E-state index >= 15 is 0 Å². The Morgan fingerprint density at radius 3 is 2.45 bits per heavy atom. The Morgan fingerprint density at radius 1 is 1.19 bits per heavy atom. The third kappa shape index (κ3) is 6.11. The summed E-state index contributed by atoms with van der Waals surface area (Å²) in [6, 6.07) is 12.0. The van der Waals surface area contributed by atoms with Crippen molar-refractivity contribution in [3.63, 3.8) is 0 Å². The van der Waals surface area contributed by atoms with E-state index < -0.39 is 22.4 Å². The van der Waals surface area contributed by atoms with Crippen molar-refractivity contribution in [3.05, 3.63) is 58.9 Å². The summed E-state index contributed by atoms with van der Waals surface area (Å²) in [5.74, 6) is 4.74. The Balaban J connectivity index is 0.000000285. The summed E-state index contributed by atoms with van der Waals surface area (Å²) >= 11 is 0. The van der Waals surface area contributed by atoms with E-state index in [9.17, 15) is 19.0 Å². The molecule has 2 aromatic rings. The molecular weight excluding hydrogens is 421 g/mol. The van der Waals surface area contributed by atoms with Crippen molar-refractivity contribution in [2.24, 2.45) is 0 Å². The van der Waals surface area contributed by atoms with Crippen LogP contribution in [0.4, 0.5) is 4.39 Å². The van der Waals surface area contributed by atoms with E-state index in [4.69, 9.17) is 15.5 Å². The molecule has 1 saturated heterocycles. The molecule has 2 aromatic carbocycles. The number of nitrogens with zero attached hydrogens (tertiary/aromatic N) is 3. The highest BCUT2D eigenvalue weighted by molar-refractivity contribution is 7.82. The topological polar surface area (TPSA) is 129 Å². The SMILES string of the molecule is CC#Cc1ccc(S(=O)N2CCC(O)(CO)C2)c(C#N)c1.N#Cc1ccc(O)cc1F. The van der Waals surface area contributed by atoms with Gasteiger partial charge in [0, 0.05) is 24.7 Å². The van der Waals surface area contributed by atoms with Crippen LogP contribution in [0.5, 0.6) is 5.75 Å². The number of phenols is 1. The normalized spacial score (nSPS) is 18.5. The van der Waals surface area contributed by atoms with E-state index in [2.05, 4.69) is 11.8 Å². The number of β-amino-alcohol motifs (C(OH)–C–C–N with tert-alkyl or cyclic N) is 1. The number of aliphatic hydroxyl groups excluding tert-OH is 1. The van der Waals surface area contributed by atoms with Gasteiger partial charge in [0.1, 0.15) is 40.3 Å². The second-order valence-corrected chi connectivity index (χ2v) is 8.17. The standard InChI is InChI=1S/C15H16N2O3S.C7H4FNO/c1-2-3-12-4-5-14(13(8-12)9-16)21(20)17-7-6-15(19,10-17)11-18;8-7-3-6(10)2-1-5(7)4-9/h4-5,8,18-19H,6-7,10-11H2,1H3;1-3,10H.